The molecule has 1 saturated heterocycles. The molecule has 7 heteroatoms. The molecule has 0 bridgehead atoms. The van der Waals surface area contributed by atoms with E-state index in [1.54, 1.807) is 36.3 Å². The van der Waals surface area contributed by atoms with Gasteiger partial charge in [0.1, 0.15) is 5.60 Å². The molecule has 2 amide bonds. The first-order valence-corrected chi connectivity index (χ1v) is 8.07. The molecule has 1 aliphatic rings. The normalized spacial score (nSPS) is 16.7. The first-order valence-electron chi connectivity index (χ1n) is 8.07. The Morgan fingerprint density at radius 3 is 2.17 bits per heavy atom. The molecule has 0 spiro atoms. The van der Waals surface area contributed by atoms with E-state index >= 15 is 0 Å². The molecule has 1 aliphatic heterocycles. The highest BCUT2D eigenvalue weighted by molar-refractivity contribution is 5.98. The van der Waals surface area contributed by atoms with E-state index in [1.165, 1.54) is 0 Å². The van der Waals surface area contributed by atoms with Gasteiger partial charge in [0.25, 0.3) is 5.91 Å². The molecule has 2 rings (SSSR count). The van der Waals surface area contributed by atoms with Gasteiger partial charge < -0.3 is 25.6 Å². The quantitative estimate of drug-likeness (QED) is 0.720. The van der Waals surface area contributed by atoms with E-state index < -0.39 is 5.60 Å². The fourth-order valence-electron chi connectivity index (χ4n) is 2.72. The van der Waals surface area contributed by atoms with Crippen LogP contribution in [0, 0.1) is 0 Å². The number of carbonyl (C=O) groups is 2. The molecule has 132 valence electrons. The van der Waals surface area contributed by atoms with E-state index in [-0.39, 0.29) is 11.8 Å². The van der Waals surface area contributed by atoms with E-state index in [2.05, 4.69) is 16.0 Å². The summed E-state index contributed by atoms with van der Waals surface area (Å²) >= 11 is 0. The monoisotopic (exact) mass is 334 g/mol. The summed E-state index contributed by atoms with van der Waals surface area (Å²) in [6, 6.07) is 7.08. The van der Waals surface area contributed by atoms with Crippen molar-refractivity contribution in [1.82, 2.24) is 10.2 Å². The predicted molar refractivity (Wildman–Crippen MR) is 94.1 cm³/mol. The third-order valence-corrected chi connectivity index (χ3v) is 4.10. The Kier molecular flexibility index (Phi) is 6.30. The van der Waals surface area contributed by atoms with E-state index in [0.29, 0.717) is 30.8 Å². The zero-order chi connectivity index (χ0) is 17.6. The van der Waals surface area contributed by atoms with Crippen LogP contribution in [0.1, 0.15) is 12.8 Å². The number of carbonyl (C=O) groups excluding carboxylic acids is 2. The molecule has 0 saturated carbocycles. The molecule has 3 N–H and O–H groups in total. The van der Waals surface area contributed by atoms with Crippen LogP contribution in [-0.4, -0.2) is 63.2 Å². The van der Waals surface area contributed by atoms with Crippen molar-refractivity contribution in [3.63, 3.8) is 0 Å². The van der Waals surface area contributed by atoms with Crippen molar-refractivity contribution < 1.29 is 14.3 Å². The van der Waals surface area contributed by atoms with Crippen molar-refractivity contribution in [2.75, 3.05) is 51.5 Å². The Morgan fingerprint density at radius 1 is 1.12 bits per heavy atom. The number of hydrogen-bond donors (Lipinski definition) is 3. The maximum atomic E-state index is 12.6. The summed E-state index contributed by atoms with van der Waals surface area (Å²) < 4.78 is 5.51. The van der Waals surface area contributed by atoms with Crippen molar-refractivity contribution in [1.29, 1.82) is 0 Å². The number of nitrogens with one attached hydrogen (secondary N) is 3. The van der Waals surface area contributed by atoms with Gasteiger partial charge in [-0.1, -0.05) is 0 Å². The molecule has 7 nitrogen and oxygen atoms in total. The summed E-state index contributed by atoms with van der Waals surface area (Å²) in [5, 5.41) is 8.94. The Balaban J connectivity index is 1.95. The number of benzene rings is 1. The molecule has 0 atom stereocenters. The fraction of sp³-hybridized carbons (Fsp3) is 0.529. The zero-order valence-corrected chi connectivity index (χ0v) is 14.5. The van der Waals surface area contributed by atoms with Crippen molar-refractivity contribution in [2.24, 2.45) is 0 Å². The number of piperidine rings is 1. The highest BCUT2D eigenvalue weighted by Crippen LogP contribution is 2.25. The number of likely N-dealkylation sites (N-methyl/N-ethyl adjacent to an activating group) is 1. The molecule has 0 aromatic heterocycles. The lowest BCUT2D eigenvalue weighted by molar-refractivity contribution is -0.140. The number of rotatable bonds is 6. The summed E-state index contributed by atoms with van der Waals surface area (Å²) in [6.45, 7) is 1.85. The SMILES string of the molecule is COC1(C(=O)Nc2ccc(NC(=O)CN(C)C)cc2)CCNCC1. The smallest absolute Gasteiger partial charge is 0.256 e. The maximum absolute atomic E-state index is 12.6. The van der Waals surface area contributed by atoms with Crippen LogP contribution in [0.25, 0.3) is 0 Å². The minimum atomic E-state index is -0.774. The lowest BCUT2D eigenvalue weighted by Gasteiger charge is -2.34. The van der Waals surface area contributed by atoms with Gasteiger partial charge in [0.2, 0.25) is 5.91 Å². The van der Waals surface area contributed by atoms with Gasteiger partial charge in [0.05, 0.1) is 6.54 Å². The molecular formula is C17H26N4O3. The number of anilines is 2. The third-order valence-electron chi connectivity index (χ3n) is 4.10. The maximum Gasteiger partial charge on any atom is 0.256 e. The van der Waals surface area contributed by atoms with E-state index in [9.17, 15) is 9.59 Å². The van der Waals surface area contributed by atoms with Gasteiger partial charge >= 0.3 is 0 Å². The third kappa shape index (κ3) is 4.77. The minimum absolute atomic E-state index is 0.0789. The van der Waals surface area contributed by atoms with Crippen LogP contribution in [0.3, 0.4) is 0 Å². The Hall–Kier alpha value is -1.96. The average molecular weight is 334 g/mol. The van der Waals surface area contributed by atoms with Crippen molar-refractivity contribution in [3.8, 4) is 0 Å². The molecule has 0 aliphatic carbocycles. The summed E-state index contributed by atoms with van der Waals surface area (Å²) in [5.41, 5.74) is 0.604. The standard InChI is InChI=1S/C17H26N4O3/c1-21(2)12-15(22)19-13-4-6-14(7-5-13)20-16(23)17(24-3)8-10-18-11-9-17/h4-7,18H,8-12H2,1-3H3,(H,19,22)(H,20,23). The number of nitrogens with zero attached hydrogens (tertiary/aromatic N) is 1. The molecule has 1 aromatic carbocycles. The average Bonchev–Trinajstić information content (AvgIpc) is 2.56. The number of hydrogen-bond acceptors (Lipinski definition) is 5. The van der Waals surface area contributed by atoms with E-state index in [4.69, 9.17) is 4.74 Å². The highest BCUT2D eigenvalue weighted by Gasteiger charge is 2.39. The topological polar surface area (TPSA) is 82.7 Å². The predicted octanol–water partition coefficient (Wildman–Crippen LogP) is 0.894. The second-order valence-electron chi connectivity index (χ2n) is 6.27. The Labute approximate surface area is 142 Å². The van der Waals surface area contributed by atoms with Crippen molar-refractivity contribution in [2.45, 2.75) is 18.4 Å². The van der Waals surface area contributed by atoms with E-state index in [1.807, 2.05) is 14.1 Å². The second kappa shape index (κ2) is 8.23. The summed E-state index contributed by atoms with van der Waals surface area (Å²) in [7, 11) is 5.25. The van der Waals surface area contributed by atoms with Crippen molar-refractivity contribution >= 4 is 23.2 Å². The van der Waals surface area contributed by atoms with Gasteiger partial charge in [0.15, 0.2) is 0 Å². The molecule has 24 heavy (non-hydrogen) atoms. The molecule has 0 unspecified atom stereocenters. The van der Waals surface area contributed by atoms with Crippen LogP contribution in [0.5, 0.6) is 0 Å². The molecule has 1 fully saturated rings. The van der Waals surface area contributed by atoms with Crippen LogP contribution in [-0.2, 0) is 14.3 Å². The summed E-state index contributed by atoms with van der Waals surface area (Å²) in [5.74, 6) is -0.208. The number of amides is 2. The van der Waals surface area contributed by atoms with E-state index in [0.717, 1.165) is 13.1 Å². The largest absolute Gasteiger partial charge is 0.368 e. The Bertz CT molecular complexity index is 566. The number of ether oxygens (including phenoxy) is 1. The van der Waals surface area contributed by atoms with Crippen LogP contribution < -0.4 is 16.0 Å². The van der Waals surface area contributed by atoms with Gasteiger partial charge in [-0.2, -0.15) is 0 Å². The first-order chi connectivity index (χ1) is 11.4. The van der Waals surface area contributed by atoms with Gasteiger partial charge in [0, 0.05) is 18.5 Å². The molecule has 1 heterocycles. The lowest BCUT2D eigenvalue weighted by Crippen LogP contribution is -2.51. The van der Waals surface area contributed by atoms with Gasteiger partial charge in [-0.25, -0.2) is 0 Å². The minimum Gasteiger partial charge on any atom is -0.368 e. The summed E-state index contributed by atoms with van der Waals surface area (Å²) in [4.78, 5) is 26.1. The number of methoxy groups -OCH3 is 1. The Morgan fingerprint density at radius 2 is 1.67 bits per heavy atom. The molecule has 0 radical (unpaired) electrons. The van der Waals surface area contributed by atoms with Gasteiger partial charge in [-0.15, -0.1) is 0 Å². The van der Waals surface area contributed by atoms with Crippen LogP contribution in [0.4, 0.5) is 11.4 Å². The van der Waals surface area contributed by atoms with Crippen molar-refractivity contribution in [3.05, 3.63) is 24.3 Å². The molecule has 1 aromatic rings. The lowest BCUT2D eigenvalue weighted by atomic mass is 9.91. The van der Waals surface area contributed by atoms with Crippen LogP contribution >= 0.6 is 0 Å². The second-order valence-corrected chi connectivity index (χ2v) is 6.27. The summed E-state index contributed by atoms with van der Waals surface area (Å²) in [6.07, 6.45) is 1.29. The van der Waals surface area contributed by atoms with Gasteiger partial charge in [-0.05, 0) is 64.3 Å². The molecular weight excluding hydrogens is 308 g/mol. The van der Waals surface area contributed by atoms with Crippen LogP contribution in [0.2, 0.25) is 0 Å². The zero-order valence-electron chi connectivity index (χ0n) is 14.5. The van der Waals surface area contributed by atoms with Crippen LogP contribution in [0.15, 0.2) is 24.3 Å². The fourth-order valence-corrected chi connectivity index (χ4v) is 2.72. The van der Waals surface area contributed by atoms with Gasteiger partial charge in [-0.3, -0.25) is 9.59 Å². The first kappa shape index (κ1) is 18.4. The highest BCUT2D eigenvalue weighted by atomic mass is 16.5.